The highest BCUT2D eigenvalue weighted by atomic mass is 35.5. The molecule has 0 fully saturated rings. The van der Waals surface area contributed by atoms with Gasteiger partial charge in [-0.3, -0.25) is 0 Å². The second-order valence-corrected chi connectivity index (χ2v) is 10.9. The van der Waals surface area contributed by atoms with E-state index in [1.807, 2.05) is 6.92 Å². The van der Waals surface area contributed by atoms with Crippen molar-refractivity contribution in [3.05, 3.63) is 0 Å². The number of hydrogen-bond donors (Lipinski definition) is 2. The molecule has 3 heteroatoms. The zero-order valence-corrected chi connectivity index (χ0v) is 23.5. The second kappa shape index (κ2) is 23.0. The van der Waals surface area contributed by atoms with E-state index in [2.05, 4.69) is 20.8 Å². The zero-order valence-electron chi connectivity index (χ0n) is 22.7. The molecule has 0 saturated carbocycles. The number of hydrogen-bond acceptors (Lipinski definition) is 2. The predicted octanol–water partition coefficient (Wildman–Crippen LogP) is 10.1. The lowest BCUT2D eigenvalue weighted by molar-refractivity contribution is -0.0680. The van der Waals surface area contributed by atoms with Gasteiger partial charge < -0.3 is 10.8 Å². The van der Waals surface area contributed by atoms with Crippen molar-refractivity contribution in [3.8, 4) is 0 Å². The lowest BCUT2D eigenvalue weighted by atomic mass is 9.72. The zero-order chi connectivity index (χ0) is 23.3. The molecule has 0 heterocycles. The number of halogens is 1. The van der Waals surface area contributed by atoms with Gasteiger partial charge in [-0.1, -0.05) is 156 Å². The third-order valence-electron chi connectivity index (χ3n) is 7.64. The second-order valence-electron chi connectivity index (χ2n) is 10.9. The Morgan fingerprint density at radius 1 is 0.469 bits per heavy atom. The Bertz CT molecular complexity index is 369. The first kappa shape index (κ1) is 34.4. The molecule has 0 saturated heterocycles. The van der Waals surface area contributed by atoms with Crippen LogP contribution in [0.15, 0.2) is 0 Å². The van der Waals surface area contributed by atoms with Crippen LogP contribution in [0.2, 0.25) is 0 Å². The molecule has 3 N–H and O–H groups in total. The van der Waals surface area contributed by atoms with Crippen LogP contribution >= 0.6 is 12.4 Å². The van der Waals surface area contributed by atoms with Crippen LogP contribution in [-0.2, 0) is 0 Å². The summed E-state index contributed by atoms with van der Waals surface area (Å²) in [6.07, 6.45) is 30.8. The van der Waals surface area contributed by atoms with Crippen LogP contribution in [-0.4, -0.2) is 10.8 Å². The lowest BCUT2D eigenvalue weighted by Gasteiger charge is -2.40. The molecule has 0 aliphatic rings. The summed E-state index contributed by atoms with van der Waals surface area (Å²) in [5.74, 6) is 0. The molecule has 0 radical (unpaired) electrons. The molecular weight excluding hydrogens is 414 g/mol. The molecule has 196 valence electrons. The standard InChI is InChI=1S/C29H61NO.ClH/c1-5-7-9-11-13-15-17-19-21-23-25-27-28(3,29(4,30)31)26-24-22-20-18-16-14-12-10-8-6-2;/h31H,5-27,30H2,1-4H3;1H. The molecule has 2 nitrogen and oxygen atoms in total. The molecule has 0 aliphatic heterocycles. The van der Waals surface area contributed by atoms with E-state index in [-0.39, 0.29) is 17.8 Å². The van der Waals surface area contributed by atoms with Crippen molar-refractivity contribution in [2.24, 2.45) is 11.1 Å². The molecule has 0 spiro atoms. The van der Waals surface area contributed by atoms with E-state index < -0.39 is 5.72 Å². The lowest BCUT2D eigenvalue weighted by Crippen LogP contribution is -2.51. The Balaban J connectivity index is 0. The van der Waals surface area contributed by atoms with Gasteiger partial charge >= 0.3 is 0 Å². The molecule has 0 aromatic heterocycles. The van der Waals surface area contributed by atoms with Gasteiger partial charge in [0, 0.05) is 5.41 Å². The van der Waals surface area contributed by atoms with Crippen molar-refractivity contribution in [1.29, 1.82) is 0 Å². The number of nitrogens with two attached hydrogens (primary N) is 1. The average molecular weight is 476 g/mol. The van der Waals surface area contributed by atoms with Crippen LogP contribution in [0.1, 0.15) is 175 Å². The SMILES string of the molecule is CCCCCCCCCCCCCC(C)(CCCCCCCCCCCC)C(C)(N)O.Cl. The van der Waals surface area contributed by atoms with E-state index in [4.69, 9.17) is 5.73 Å². The van der Waals surface area contributed by atoms with Gasteiger partial charge in [0.2, 0.25) is 0 Å². The molecule has 2 unspecified atom stereocenters. The highest BCUT2D eigenvalue weighted by Gasteiger charge is 2.38. The predicted molar refractivity (Wildman–Crippen MR) is 148 cm³/mol. The van der Waals surface area contributed by atoms with Crippen molar-refractivity contribution >= 4 is 12.4 Å². The number of aliphatic hydroxyl groups is 1. The molecule has 0 aromatic carbocycles. The summed E-state index contributed by atoms with van der Waals surface area (Å²) in [4.78, 5) is 0. The van der Waals surface area contributed by atoms with Gasteiger partial charge in [-0.15, -0.1) is 12.4 Å². The van der Waals surface area contributed by atoms with Crippen LogP contribution < -0.4 is 5.73 Å². The van der Waals surface area contributed by atoms with Crippen LogP contribution in [0.4, 0.5) is 0 Å². The summed E-state index contributed by atoms with van der Waals surface area (Å²) in [6.45, 7) is 8.61. The first-order chi connectivity index (χ1) is 14.9. The van der Waals surface area contributed by atoms with Gasteiger partial charge in [0.1, 0.15) is 5.72 Å². The van der Waals surface area contributed by atoms with Crippen molar-refractivity contribution in [3.63, 3.8) is 0 Å². The van der Waals surface area contributed by atoms with E-state index in [0.717, 1.165) is 12.8 Å². The Labute approximate surface area is 209 Å². The van der Waals surface area contributed by atoms with Gasteiger partial charge in [0.15, 0.2) is 0 Å². The van der Waals surface area contributed by atoms with Gasteiger partial charge in [0.25, 0.3) is 0 Å². The maximum atomic E-state index is 10.6. The molecule has 0 aliphatic carbocycles. The minimum atomic E-state index is -1.06. The van der Waals surface area contributed by atoms with Crippen molar-refractivity contribution in [2.45, 2.75) is 181 Å². The smallest absolute Gasteiger partial charge is 0.116 e. The first-order valence-corrected chi connectivity index (χ1v) is 14.4. The minimum absolute atomic E-state index is 0. The maximum absolute atomic E-state index is 10.6. The fourth-order valence-corrected chi connectivity index (χ4v) is 4.81. The monoisotopic (exact) mass is 475 g/mol. The van der Waals surface area contributed by atoms with Crippen LogP contribution in [0.5, 0.6) is 0 Å². The molecule has 32 heavy (non-hydrogen) atoms. The molecule has 0 rings (SSSR count). The number of unbranched alkanes of at least 4 members (excludes halogenated alkanes) is 19. The fourth-order valence-electron chi connectivity index (χ4n) is 4.81. The highest BCUT2D eigenvalue weighted by molar-refractivity contribution is 5.85. The van der Waals surface area contributed by atoms with E-state index >= 15 is 0 Å². The summed E-state index contributed by atoms with van der Waals surface area (Å²) >= 11 is 0. The summed E-state index contributed by atoms with van der Waals surface area (Å²) in [5, 5.41) is 10.6. The Kier molecular flexibility index (Phi) is 24.7. The Hall–Kier alpha value is 0.210. The van der Waals surface area contributed by atoms with Crippen LogP contribution in [0.3, 0.4) is 0 Å². The third-order valence-corrected chi connectivity index (χ3v) is 7.64. The highest BCUT2D eigenvalue weighted by Crippen LogP contribution is 2.38. The van der Waals surface area contributed by atoms with E-state index in [1.54, 1.807) is 0 Å². The third kappa shape index (κ3) is 19.7. The van der Waals surface area contributed by atoms with Crippen molar-refractivity contribution in [1.82, 2.24) is 0 Å². The molecule has 0 bridgehead atoms. The number of rotatable bonds is 24. The molecular formula is C29H62ClNO. The molecule has 0 amide bonds. The van der Waals surface area contributed by atoms with E-state index in [9.17, 15) is 5.11 Å². The fraction of sp³-hybridized carbons (Fsp3) is 1.00. The maximum Gasteiger partial charge on any atom is 0.116 e. The molecule has 0 aromatic rings. The van der Waals surface area contributed by atoms with Crippen LogP contribution in [0, 0.1) is 5.41 Å². The minimum Gasteiger partial charge on any atom is -0.376 e. The van der Waals surface area contributed by atoms with E-state index in [1.165, 1.54) is 135 Å². The Morgan fingerprint density at radius 3 is 0.906 bits per heavy atom. The van der Waals surface area contributed by atoms with E-state index in [0.29, 0.717) is 0 Å². The largest absolute Gasteiger partial charge is 0.376 e. The summed E-state index contributed by atoms with van der Waals surface area (Å²) in [7, 11) is 0. The van der Waals surface area contributed by atoms with Gasteiger partial charge in [-0.05, 0) is 19.8 Å². The van der Waals surface area contributed by atoms with Gasteiger partial charge in [-0.2, -0.15) is 0 Å². The normalized spacial score (nSPS) is 15.2. The quantitative estimate of drug-likeness (QED) is 0.108. The van der Waals surface area contributed by atoms with Crippen LogP contribution in [0.25, 0.3) is 0 Å². The summed E-state index contributed by atoms with van der Waals surface area (Å²) < 4.78 is 0. The van der Waals surface area contributed by atoms with Gasteiger partial charge in [-0.25, -0.2) is 0 Å². The summed E-state index contributed by atoms with van der Waals surface area (Å²) in [6, 6.07) is 0. The first-order valence-electron chi connectivity index (χ1n) is 14.4. The van der Waals surface area contributed by atoms with Crippen molar-refractivity contribution in [2.75, 3.05) is 0 Å². The molecule has 2 atom stereocenters. The Morgan fingerprint density at radius 2 is 0.688 bits per heavy atom. The van der Waals surface area contributed by atoms with Crippen molar-refractivity contribution < 1.29 is 5.11 Å². The summed E-state index contributed by atoms with van der Waals surface area (Å²) in [5.41, 5.74) is 5.01. The van der Waals surface area contributed by atoms with Gasteiger partial charge in [0.05, 0.1) is 0 Å². The average Bonchev–Trinajstić information content (AvgIpc) is 2.72. The topological polar surface area (TPSA) is 46.2 Å².